The van der Waals surface area contributed by atoms with Crippen molar-refractivity contribution >= 4 is 0 Å². The smallest absolute Gasteiger partial charge is 0.0576 e. The molecule has 2 unspecified atom stereocenters. The van der Waals surface area contributed by atoms with Gasteiger partial charge in [-0.15, -0.1) is 0 Å². The van der Waals surface area contributed by atoms with E-state index in [1.807, 2.05) is 0 Å². The summed E-state index contributed by atoms with van der Waals surface area (Å²) in [6.07, 6.45) is 15.2. The summed E-state index contributed by atoms with van der Waals surface area (Å²) in [6.45, 7) is 0.976. The topological polar surface area (TPSA) is 35.2 Å². The molecule has 0 aromatic heterocycles. The molecule has 2 aliphatic rings. The molecule has 0 bridgehead atoms. The molecule has 2 N–H and O–H groups in total. The highest BCUT2D eigenvalue weighted by atomic mass is 16.5. The van der Waals surface area contributed by atoms with E-state index >= 15 is 0 Å². The van der Waals surface area contributed by atoms with E-state index in [4.69, 9.17) is 10.5 Å². The predicted molar refractivity (Wildman–Crippen MR) is 72.0 cm³/mol. The molecule has 0 aromatic rings. The fourth-order valence-electron chi connectivity index (χ4n) is 3.40. The molecule has 0 radical (unpaired) electrons. The number of rotatable bonds is 4. The Morgan fingerprint density at radius 3 is 2.29 bits per heavy atom. The first kappa shape index (κ1) is 13.4. The fourth-order valence-corrected chi connectivity index (χ4v) is 3.40. The maximum Gasteiger partial charge on any atom is 0.0576 e. The lowest BCUT2D eigenvalue weighted by Crippen LogP contribution is -2.31. The zero-order valence-corrected chi connectivity index (χ0v) is 11.2. The van der Waals surface area contributed by atoms with Gasteiger partial charge < -0.3 is 10.5 Å². The first-order valence-corrected chi connectivity index (χ1v) is 7.73. The van der Waals surface area contributed by atoms with Crippen LogP contribution in [0.1, 0.15) is 70.6 Å². The molecule has 1 heterocycles. The van der Waals surface area contributed by atoms with Gasteiger partial charge in [0.1, 0.15) is 0 Å². The fraction of sp³-hybridized carbons (Fsp3) is 1.00. The normalized spacial score (nSPS) is 29.8. The molecular formula is C15H29NO. The number of ether oxygens (including phenoxy) is 1. The summed E-state index contributed by atoms with van der Waals surface area (Å²) >= 11 is 0. The van der Waals surface area contributed by atoms with Gasteiger partial charge in [0, 0.05) is 12.6 Å². The lowest BCUT2D eigenvalue weighted by molar-refractivity contribution is 0.0981. The second-order valence-electron chi connectivity index (χ2n) is 5.98. The maximum absolute atomic E-state index is 6.39. The van der Waals surface area contributed by atoms with Gasteiger partial charge in [-0.1, -0.05) is 32.1 Å². The third-order valence-corrected chi connectivity index (χ3v) is 4.60. The van der Waals surface area contributed by atoms with Gasteiger partial charge >= 0.3 is 0 Å². The van der Waals surface area contributed by atoms with Crippen LogP contribution in [-0.2, 0) is 4.74 Å². The SMILES string of the molecule is NC(CCC1CCCO1)C1CCCCCCC1. The van der Waals surface area contributed by atoms with Crippen molar-refractivity contribution in [1.29, 1.82) is 0 Å². The summed E-state index contributed by atoms with van der Waals surface area (Å²) < 4.78 is 5.68. The quantitative estimate of drug-likeness (QED) is 0.813. The molecule has 1 saturated heterocycles. The van der Waals surface area contributed by atoms with Gasteiger partial charge in [-0.3, -0.25) is 0 Å². The minimum Gasteiger partial charge on any atom is -0.378 e. The van der Waals surface area contributed by atoms with E-state index in [2.05, 4.69) is 0 Å². The van der Waals surface area contributed by atoms with Crippen LogP contribution < -0.4 is 5.73 Å². The van der Waals surface area contributed by atoms with E-state index in [0.29, 0.717) is 12.1 Å². The molecule has 0 amide bonds. The standard InChI is InChI=1S/C15H29NO/c16-15(11-10-14-9-6-12-17-14)13-7-4-2-1-3-5-8-13/h13-15H,1-12,16H2. The molecule has 17 heavy (non-hydrogen) atoms. The minimum atomic E-state index is 0.428. The average Bonchev–Trinajstić information content (AvgIpc) is 2.78. The van der Waals surface area contributed by atoms with Gasteiger partial charge in [-0.05, 0) is 44.4 Å². The molecule has 1 aliphatic carbocycles. The van der Waals surface area contributed by atoms with E-state index < -0.39 is 0 Å². The van der Waals surface area contributed by atoms with Crippen LogP contribution in [0.4, 0.5) is 0 Å². The van der Waals surface area contributed by atoms with Crippen molar-refractivity contribution in [3.8, 4) is 0 Å². The first-order valence-electron chi connectivity index (χ1n) is 7.73. The Bertz CT molecular complexity index is 193. The van der Waals surface area contributed by atoms with Crippen LogP contribution in [0.2, 0.25) is 0 Å². The van der Waals surface area contributed by atoms with Gasteiger partial charge in [0.05, 0.1) is 6.10 Å². The maximum atomic E-state index is 6.39. The zero-order chi connectivity index (χ0) is 11.9. The second kappa shape index (κ2) is 7.38. The molecule has 0 spiro atoms. The monoisotopic (exact) mass is 239 g/mol. The predicted octanol–water partition coefficient (Wildman–Crippen LogP) is 3.63. The molecule has 2 heteroatoms. The van der Waals surface area contributed by atoms with Gasteiger partial charge in [0.2, 0.25) is 0 Å². The summed E-state index contributed by atoms with van der Waals surface area (Å²) in [4.78, 5) is 0. The van der Waals surface area contributed by atoms with Crippen LogP contribution >= 0.6 is 0 Å². The van der Waals surface area contributed by atoms with E-state index in [1.165, 1.54) is 70.6 Å². The molecular weight excluding hydrogens is 210 g/mol. The van der Waals surface area contributed by atoms with E-state index in [9.17, 15) is 0 Å². The lowest BCUT2D eigenvalue weighted by atomic mass is 9.84. The summed E-state index contributed by atoms with van der Waals surface area (Å²) in [5, 5.41) is 0. The van der Waals surface area contributed by atoms with E-state index in [0.717, 1.165) is 12.5 Å². The van der Waals surface area contributed by atoms with Crippen molar-refractivity contribution in [2.75, 3.05) is 6.61 Å². The van der Waals surface area contributed by atoms with Crippen molar-refractivity contribution in [2.45, 2.75) is 82.8 Å². The Morgan fingerprint density at radius 2 is 1.65 bits per heavy atom. The highest BCUT2D eigenvalue weighted by Gasteiger charge is 2.21. The zero-order valence-electron chi connectivity index (χ0n) is 11.2. The third-order valence-electron chi connectivity index (χ3n) is 4.60. The molecule has 1 saturated carbocycles. The molecule has 0 aromatic carbocycles. The summed E-state index contributed by atoms with van der Waals surface area (Å²) in [5.74, 6) is 0.789. The Labute approximate surface area is 106 Å². The number of hydrogen-bond donors (Lipinski definition) is 1. The van der Waals surface area contributed by atoms with Crippen molar-refractivity contribution in [2.24, 2.45) is 11.7 Å². The van der Waals surface area contributed by atoms with Gasteiger partial charge in [0.15, 0.2) is 0 Å². The van der Waals surface area contributed by atoms with Crippen LogP contribution in [0.15, 0.2) is 0 Å². The minimum absolute atomic E-state index is 0.428. The molecule has 2 rings (SSSR count). The highest BCUT2D eigenvalue weighted by Crippen LogP contribution is 2.27. The Hall–Kier alpha value is -0.0800. The van der Waals surface area contributed by atoms with Crippen molar-refractivity contribution in [3.63, 3.8) is 0 Å². The van der Waals surface area contributed by atoms with Crippen molar-refractivity contribution in [3.05, 3.63) is 0 Å². The lowest BCUT2D eigenvalue weighted by Gasteiger charge is -2.26. The highest BCUT2D eigenvalue weighted by molar-refractivity contribution is 4.77. The van der Waals surface area contributed by atoms with Crippen LogP contribution in [0.3, 0.4) is 0 Å². The summed E-state index contributed by atoms with van der Waals surface area (Å²) in [6, 6.07) is 0.428. The molecule has 2 nitrogen and oxygen atoms in total. The first-order chi connectivity index (χ1) is 8.36. The van der Waals surface area contributed by atoms with Crippen molar-refractivity contribution < 1.29 is 4.74 Å². The van der Waals surface area contributed by atoms with Gasteiger partial charge in [0.25, 0.3) is 0 Å². The molecule has 100 valence electrons. The summed E-state index contributed by atoms with van der Waals surface area (Å²) in [5.41, 5.74) is 6.39. The van der Waals surface area contributed by atoms with Crippen LogP contribution in [0, 0.1) is 5.92 Å². The van der Waals surface area contributed by atoms with Crippen LogP contribution in [0.5, 0.6) is 0 Å². The summed E-state index contributed by atoms with van der Waals surface area (Å²) in [7, 11) is 0. The van der Waals surface area contributed by atoms with E-state index in [-0.39, 0.29) is 0 Å². The average molecular weight is 239 g/mol. The van der Waals surface area contributed by atoms with Gasteiger partial charge in [-0.25, -0.2) is 0 Å². The number of hydrogen-bond acceptors (Lipinski definition) is 2. The molecule has 1 aliphatic heterocycles. The molecule has 2 fully saturated rings. The van der Waals surface area contributed by atoms with Crippen molar-refractivity contribution in [1.82, 2.24) is 0 Å². The van der Waals surface area contributed by atoms with Crippen LogP contribution in [0.25, 0.3) is 0 Å². The van der Waals surface area contributed by atoms with Gasteiger partial charge in [-0.2, -0.15) is 0 Å². The Morgan fingerprint density at radius 1 is 0.941 bits per heavy atom. The Balaban J connectivity index is 1.67. The van der Waals surface area contributed by atoms with Crippen LogP contribution in [-0.4, -0.2) is 18.8 Å². The number of nitrogens with two attached hydrogens (primary N) is 1. The third kappa shape index (κ3) is 4.59. The Kier molecular flexibility index (Phi) is 5.79. The molecule has 2 atom stereocenters. The second-order valence-corrected chi connectivity index (χ2v) is 5.98. The van der Waals surface area contributed by atoms with E-state index in [1.54, 1.807) is 0 Å². The largest absolute Gasteiger partial charge is 0.378 e.